The number of hydrogen-bond acceptors (Lipinski definition) is 5. The molecule has 0 unspecified atom stereocenters. The molecule has 1 saturated heterocycles. The summed E-state index contributed by atoms with van der Waals surface area (Å²) >= 11 is 1.82. The standard InChI is InChI=1S/C28H30N4OS/c1-18-8-21(5-6-29-18)28-26-11-24-15-32(27(33)12-22(24)10-23(26)13-30-28)25-4-3-7-31(16-25)14-20-9-19(2)34-17-20/h5-6,8-11,17,25H,3-4,7,12-16H2,1-2H3/t25-/m1/s1. The van der Waals surface area contributed by atoms with Crippen molar-refractivity contribution in [1.82, 2.24) is 14.8 Å². The Bertz CT molecular complexity index is 1290. The van der Waals surface area contributed by atoms with Gasteiger partial charge in [0, 0.05) is 53.6 Å². The lowest BCUT2D eigenvalue weighted by Gasteiger charge is -2.41. The maximum absolute atomic E-state index is 13.2. The lowest BCUT2D eigenvalue weighted by Crippen LogP contribution is -2.51. The number of thiophene rings is 1. The summed E-state index contributed by atoms with van der Waals surface area (Å²) in [7, 11) is 0. The second kappa shape index (κ2) is 8.75. The molecule has 5 nitrogen and oxygen atoms in total. The monoisotopic (exact) mass is 470 g/mol. The van der Waals surface area contributed by atoms with Gasteiger partial charge in [0.2, 0.25) is 5.91 Å². The van der Waals surface area contributed by atoms with Gasteiger partial charge in [-0.25, -0.2) is 0 Å². The molecule has 3 aromatic rings. The van der Waals surface area contributed by atoms with Crippen LogP contribution in [0.2, 0.25) is 0 Å². The first-order valence-electron chi connectivity index (χ1n) is 12.2. The van der Waals surface area contributed by atoms with Gasteiger partial charge in [0.25, 0.3) is 0 Å². The number of rotatable bonds is 4. The van der Waals surface area contributed by atoms with Gasteiger partial charge < -0.3 is 4.90 Å². The number of piperidine rings is 1. The number of benzene rings is 1. The number of carbonyl (C=O) groups excluding carboxylic acids is 1. The van der Waals surface area contributed by atoms with Crippen LogP contribution in [0.15, 0.2) is 46.9 Å². The summed E-state index contributed by atoms with van der Waals surface area (Å²) in [5.74, 6) is 0.273. The Morgan fingerprint density at radius 2 is 2.03 bits per heavy atom. The molecular formula is C28H30N4OS. The van der Waals surface area contributed by atoms with Crippen LogP contribution in [0.25, 0.3) is 0 Å². The van der Waals surface area contributed by atoms with Crippen molar-refractivity contribution in [3.05, 3.63) is 85.9 Å². The molecule has 1 amide bonds. The van der Waals surface area contributed by atoms with Crippen molar-refractivity contribution in [2.75, 3.05) is 13.1 Å². The van der Waals surface area contributed by atoms with Crippen molar-refractivity contribution in [2.24, 2.45) is 4.99 Å². The molecule has 1 atom stereocenters. The molecule has 0 saturated carbocycles. The molecule has 34 heavy (non-hydrogen) atoms. The third kappa shape index (κ3) is 4.10. The van der Waals surface area contributed by atoms with Crippen LogP contribution in [-0.4, -0.2) is 45.5 Å². The Balaban J connectivity index is 1.22. The molecule has 2 aromatic heterocycles. The van der Waals surface area contributed by atoms with Crippen LogP contribution < -0.4 is 0 Å². The van der Waals surface area contributed by atoms with Crippen molar-refractivity contribution in [2.45, 2.75) is 58.8 Å². The summed E-state index contributed by atoms with van der Waals surface area (Å²) in [5, 5.41) is 2.27. The highest BCUT2D eigenvalue weighted by atomic mass is 32.1. The Morgan fingerprint density at radius 1 is 1.12 bits per heavy atom. The van der Waals surface area contributed by atoms with E-state index in [1.807, 2.05) is 30.5 Å². The molecule has 0 bridgehead atoms. The summed E-state index contributed by atoms with van der Waals surface area (Å²) in [6.45, 7) is 8.64. The SMILES string of the molecule is Cc1cc(C2=NCc3cc4c(cc32)CN([C@@H]2CCCN(Cc3csc(C)c3)C2)C(=O)C4)ccn1. The highest BCUT2D eigenvalue weighted by Crippen LogP contribution is 2.32. The number of aryl methyl sites for hydroxylation is 2. The zero-order valence-electron chi connectivity index (χ0n) is 19.9. The molecule has 1 fully saturated rings. The van der Waals surface area contributed by atoms with E-state index in [0.717, 1.165) is 49.4 Å². The van der Waals surface area contributed by atoms with Crippen LogP contribution in [0.1, 0.15) is 56.8 Å². The maximum atomic E-state index is 13.2. The lowest BCUT2D eigenvalue weighted by atomic mass is 9.90. The molecule has 0 spiro atoms. The lowest BCUT2D eigenvalue weighted by molar-refractivity contribution is -0.135. The second-order valence-corrected chi connectivity index (χ2v) is 11.0. The maximum Gasteiger partial charge on any atom is 0.227 e. The van der Waals surface area contributed by atoms with Crippen LogP contribution >= 0.6 is 11.3 Å². The van der Waals surface area contributed by atoms with Crippen LogP contribution in [0, 0.1) is 13.8 Å². The van der Waals surface area contributed by atoms with E-state index in [1.54, 1.807) is 0 Å². The molecule has 3 aliphatic heterocycles. The molecule has 6 rings (SSSR count). The minimum atomic E-state index is 0.273. The first-order valence-corrected chi connectivity index (χ1v) is 13.1. The Morgan fingerprint density at radius 3 is 2.85 bits per heavy atom. The minimum absolute atomic E-state index is 0.273. The molecule has 0 radical (unpaired) electrons. The topological polar surface area (TPSA) is 48.8 Å². The minimum Gasteiger partial charge on any atom is -0.334 e. The van der Waals surface area contributed by atoms with Crippen molar-refractivity contribution in [3.8, 4) is 0 Å². The summed E-state index contributed by atoms with van der Waals surface area (Å²) in [5.41, 5.74) is 9.50. The summed E-state index contributed by atoms with van der Waals surface area (Å²) in [4.78, 5) is 28.5. The fraction of sp³-hybridized carbons (Fsp3) is 0.393. The van der Waals surface area contributed by atoms with Gasteiger partial charge >= 0.3 is 0 Å². The number of aliphatic imine (C=N–C) groups is 1. The smallest absolute Gasteiger partial charge is 0.227 e. The Hall–Kier alpha value is -2.83. The van der Waals surface area contributed by atoms with E-state index in [4.69, 9.17) is 4.99 Å². The van der Waals surface area contributed by atoms with Gasteiger partial charge in [0.05, 0.1) is 18.7 Å². The highest BCUT2D eigenvalue weighted by Gasteiger charge is 2.33. The molecule has 5 heterocycles. The zero-order valence-corrected chi connectivity index (χ0v) is 20.7. The number of likely N-dealkylation sites (tertiary alicyclic amines) is 1. The quantitative estimate of drug-likeness (QED) is 0.557. The third-order valence-corrected chi connectivity index (χ3v) is 8.28. The largest absolute Gasteiger partial charge is 0.334 e. The molecule has 0 aliphatic carbocycles. The number of amides is 1. The summed E-state index contributed by atoms with van der Waals surface area (Å²) < 4.78 is 0. The van der Waals surface area contributed by atoms with Crippen molar-refractivity contribution in [1.29, 1.82) is 0 Å². The van der Waals surface area contributed by atoms with Crippen LogP contribution in [0.4, 0.5) is 0 Å². The van der Waals surface area contributed by atoms with E-state index in [0.29, 0.717) is 25.6 Å². The van der Waals surface area contributed by atoms with Gasteiger partial charge in [-0.05, 0) is 85.1 Å². The molecule has 174 valence electrons. The number of fused-ring (bicyclic) bond motifs is 2. The Kier molecular flexibility index (Phi) is 5.58. The van der Waals surface area contributed by atoms with E-state index in [1.165, 1.54) is 32.7 Å². The average molecular weight is 471 g/mol. The fourth-order valence-electron chi connectivity index (χ4n) is 5.73. The van der Waals surface area contributed by atoms with Gasteiger partial charge in [-0.1, -0.05) is 6.07 Å². The van der Waals surface area contributed by atoms with Crippen LogP contribution in [0.3, 0.4) is 0 Å². The summed E-state index contributed by atoms with van der Waals surface area (Å²) in [6.07, 6.45) is 4.60. The predicted molar refractivity (Wildman–Crippen MR) is 136 cm³/mol. The van der Waals surface area contributed by atoms with E-state index in [-0.39, 0.29) is 5.91 Å². The van der Waals surface area contributed by atoms with E-state index < -0.39 is 0 Å². The third-order valence-electron chi connectivity index (χ3n) is 7.37. The Labute approximate surface area is 205 Å². The first-order chi connectivity index (χ1) is 16.5. The molecule has 6 heteroatoms. The number of aromatic nitrogens is 1. The van der Waals surface area contributed by atoms with Gasteiger partial charge in [-0.15, -0.1) is 11.3 Å². The molecule has 3 aliphatic rings. The van der Waals surface area contributed by atoms with Crippen LogP contribution in [0.5, 0.6) is 0 Å². The number of pyridine rings is 1. The van der Waals surface area contributed by atoms with Crippen molar-refractivity contribution in [3.63, 3.8) is 0 Å². The number of hydrogen-bond donors (Lipinski definition) is 0. The number of nitrogens with zero attached hydrogens (tertiary/aromatic N) is 4. The molecular weight excluding hydrogens is 440 g/mol. The van der Waals surface area contributed by atoms with E-state index >= 15 is 0 Å². The molecule has 1 aromatic carbocycles. The van der Waals surface area contributed by atoms with Gasteiger partial charge in [-0.3, -0.25) is 19.7 Å². The van der Waals surface area contributed by atoms with Crippen molar-refractivity contribution >= 4 is 23.0 Å². The zero-order chi connectivity index (χ0) is 23.2. The van der Waals surface area contributed by atoms with E-state index in [2.05, 4.69) is 51.4 Å². The van der Waals surface area contributed by atoms with Crippen molar-refractivity contribution < 1.29 is 4.79 Å². The van der Waals surface area contributed by atoms with Gasteiger partial charge in [-0.2, -0.15) is 0 Å². The molecule has 0 N–H and O–H groups in total. The van der Waals surface area contributed by atoms with Gasteiger partial charge in [0.1, 0.15) is 0 Å². The fourth-order valence-corrected chi connectivity index (χ4v) is 6.43. The summed E-state index contributed by atoms with van der Waals surface area (Å²) in [6, 6.07) is 11.3. The first kappa shape index (κ1) is 21.7. The normalized spacial score (nSPS) is 20.3. The predicted octanol–water partition coefficient (Wildman–Crippen LogP) is 4.66. The van der Waals surface area contributed by atoms with Crippen LogP contribution in [-0.2, 0) is 30.8 Å². The highest BCUT2D eigenvalue weighted by molar-refractivity contribution is 7.10. The van der Waals surface area contributed by atoms with Gasteiger partial charge in [0.15, 0.2) is 0 Å². The number of carbonyl (C=O) groups is 1. The average Bonchev–Trinajstić information content (AvgIpc) is 3.42. The van der Waals surface area contributed by atoms with E-state index in [9.17, 15) is 4.79 Å². The second-order valence-electron chi connectivity index (χ2n) is 9.92.